The van der Waals surface area contributed by atoms with Crippen LogP contribution in [0.25, 0.3) is 11.0 Å². The molecule has 3 heterocycles. The summed E-state index contributed by atoms with van der Waals surface area (Å²) < 4.78 is 22.7. The number of carbonyl (C=O) groups is 3. The Labute approximate surface area is 147 Å². The summed E-state index contributed by atoms with van der Waals surface area (Å²) in [5.74, 6) is -4.98. The number of ketones is 2. The zero-order valence-electron chi connectivity index (χ0n) is 14.0. The molecule has 0 spiro atoms. The monoisotopic (exact) mass is 354 g/mol. The number of fused-ring (bicyclic) bond motifs is 10. The summed E-state index contributed by atoms with van der Waals surface area (Å²) >= 11 is 0. The van der Waals surface area contributed by atoms with Crippen molar-refractivity contribution in [2.24, 2.45) is 11.8 Å². The lowest BCUT2D eigenvalue weighted by atomic mass is 9.64. The molecule has 132 valence electrons. The highest BCUT2D eigenvalue weighted by molar-refractivity contribution is 6.12. The minimum atomic E-state index is -1.78. The number of esters is 1. The van der Waals surface area contributed by atoms with Gasteiger partial charge in [-0.25, -0.2) is 4.79 Å². The third-order valence-electron chi connectivity index (χ3n) is 5.59. The van der Waals surface area contributed by atoms with Gasteiger partial charge in [-0.2, -0.15) is 0 Å². The van der Waals surface area contributed by atoms with Crippen LogP contribution in [0, 0.1) is 11.8 Å². The van der Waals surface area contributed by atoms with Crippen molar-refractivity contribution in [3.63, 3.8) is 0 Å². The summed E-state index contributed by atoms with van der Waals surface area (Å²) in [6.07, 6.45) is 2.38. The fourth-order valence-corrected chi connectivity index (χ4v) is 4.65. The van der Waals surface area contributed by atoms with Gasteiger partial charge in [-0.15, -0.1) is 0 Å². The Bertz CT molecular complexity index is 1030. The van der Waals surface area contributed by atoms with Gasteiger partial charge in [0.15, 0.2) is 17.3 Å². The van der Waals surface area contributed by atoms with E-state index in [1.165, 1.54) is 26.4 Å². The highest BCUT2D eigenvalue weighted by Crippen LogP contribution is 2.67. The molecule has 2 aromatic rings. The first-order valence-electron chi connectivity index (χ1n) is 8.13. The van der Waals surface area contributed by atoms with E-state index in [9.17, 15) is 14.4 Å². The molecule has 3 aliphatic rings. The molecule has 7 heteroatoms. The van der Waals surface area contributed by atoms with Crippen molar-refractivity contribution in [3.05, 3.63) is 47.7 Å². The summed E-state index contributed by atoms with van der Waals surface area (Å²) in [7, 11) is 2.58. The maximum absolute atomic E-state index is 12.9. The van der Waals surface area contributed by atoms with E-state index in [4.69, 9.17) is 18.6 Å². The SMILES string of the molecule is COC(=O)C12OC(OC)(c3oc4ccccc4c31)C1C(=O)C=CC(=O)C12. The summed E-state index contributed by atoms with van der Waals surface area (Å²) in [6.45, 7) is 0. The Hall–Kier alpha value is -2.77. The molecule has 2 bridgehead atoms. The molecule has 4 unspecified atom stereocenters. The summed E-state index contributed by atoms with van der Waals surface area (Å²) in [5, 5.41) is 0.625. The lowest BCUT2D eigenvalue weighted by Crippen LogP contribution is -2.51. The topological polar surface area (TPSA) is 92.0 Å². The molecule has 0 amide bonds. The summed E-state index contributed by atoms with van der Waals surface area (Å²) in [6, 6.07) is 7.10. The highest BCUT2D eigenvalue weighted by atomic mass is 16.7. The molecule has 5 rings (SSSR count). The third-order valence-corrected chi connectivity index (χ3v) is 5.59. The molecule has 4 atom stereocenters. The van der Waals surface area contributed by atoms with Crippen LogP contribution < -0.4 is 0 Å². The van der Waals surface area contributed by atoms with Crippen LogP contribution in [0.3, 0.4) is 0 Å². The number of furan rings is 1. The molecular weight excluding hydrogens is 340 g/mol. The number of para-hydroxylation sites is 1. The number of allylic oxidation sites excluding steroid dienone is 2. The van der Waals surface area contributed by atoms with E-state index in [1.807, 2.05) is 0 Å². The average molecular weight is 354 g/mol. The lowest BCUT2D eigenvalue weighted by molar-refractivity contribution is -0.254. The first kappa shape index (κ1) is 15.5. The molecule has 2 aliphatic heterocycles. The molecule has 0 N–H and O–H groups in total. The van der Waals surface area contributed by atoms with Crippen molar-refractivity contribution < 1.29 is 33.0 Å². The standard InChI is InChI=1S/C19H14O7/c1-23-17(22)18-13-9-5-3-4-6-12(9)25-16(13)19(24-2,26-18)15-11(21)8-7-10(20)14(15)18/h3-8,14-15H,1-2H3. The first-order chi connectivity index (χ1) is 12.5. The van der Waals surface area contributed by atoms with Gasteiger partial charge >= 0.3 is 5.97 Å². The van der Waals surface area contributed by atoms with Crippen LogP contribution in [0.2, 0.25) is 0 Å². The molecule has 1 saturated heterocycles. The Morgan fingerprint density at radius 1 is 1.08 bits per heavy atom. The van der Waals surface area contributed by atoms with Crippen molar-refractivity contribution >= 4 is 28.5 Å². The predicted molar refractivity (Wildman–Crippen MR) is 85.8 cm³/mol. The van der Waals surface area contributed by atoms with Crippen molar-refractivity contribution in [2.45, 2.75) is 11.4 Å². The Kier molecular flexibility index (Phi) is 2.79. The molecular formula is C19H14O7. The van der Waals surface area contributed by atoms with Crippen molar-refractivity contribution in [3.8, 4) is 0 Å². The largest absolute Gasteiger partial charge is 0.467 e. The summed E-state index contributed by atoms with van der Waals surface area (Å²) in [5.41, 5.74) is -0.865. The maximum atomic E-state index is 12.9. The smallest absolute Gasteiger partial charge is 0.343 e. The Balaban J connectivity index is 1.94. The van der Waals surface area contributed by atoms with Gasteiger partial charge in [0.1, 0.15) is 5.58 Å². The number of benzene rings is 1. The molecule has 0 saturated carbocycles. The quantitative estimate of drug-likeness (QED) is 0.756. The van der Waals surface area contributed by atoms with Gasteiger partial charge in [0, 0.05) is 12.5 Å². The van der Waals surface area contributed by atoms with Gasteiger partial charge < -0.3 is 18.6 Å². The molecule has 1 aromatic heterocycles. The number of methoxy groups -OCH3 is 2. The lowest BCUT2D eigenvalue weighted by Gasteiger charge is -2.35. The zero-order valence-corrected chi connectivity index (χ0v) is 14.0. The van der Waals surface area contributed by atoms with E-state index in [-0.39, 0.29) is 17.3 Å². The Morgan fingerprint density at radius 2 is 1.77 bits per heavy atom. The van der Waals surface area contributed by atoms with Crippen LogP contribution in [0.4, 0.5) is 0 Å². The number of carbonyl (C=O) groups excluding carboxylic acids is 3. The van der Waals surface area contributed by atoms with E-state index in [0.717, 1.165) is 0 Å². The number of hydrogen-bond acceptors (Lipinski definition) is 7. The third kappa shape index (κ3) is 1.42. The molecule has 1 aliphatic carbocycles. The van der Waals surface area contributed by atoms with Crippen LogP contribution in [0.15, 0.2) is 40.8 Å². The van der Waals surface area contributed by atoms with E-state index in [0.29, 0.717) is 16.5 Å². The van der Waals surface area contributed by atoms with E-state index in [1.54, 1.807) is 24.3 Å². The molecule has 1 aromatic carbocycles. The molecule has 7 nitrogen and oxygen atoms in total. The van der Waals surface area contributed by atoms with Gasteiger partial charge in [0.05, 0.1) is 24.5 Å². The fourth-order valence-electron chi connectivity index (χ4n) is 4.65. The minimum absolute atomic E-state index is 0.240. The van der Waals surface area contributed by atoms with Crippen molar-refractivity contribution in [1.82, 2.24) is 0 Å². The minimum Gasteiger partial charge on any atom is -0.467 e. The highest BCUT2D eigenvalue weighted by Gasteiger charge is 2.80. The second-order valence-electron chi connectivity index (χ2n) is 6.60. The predicted octanol–water partition coefficient (Wildman–Crippen LogP) is 1.58. The van der Waals surface area contributed by atoms with Crippen LogP contribution in [-0.4, -0.2) is 31.8 Å². The normalized spacial score (nSPS) is 34.2. The van der Waals surface area contributed by atoms with Gasteiger partial charge in [0.2, 0.25) is 11.4 Å². The van der Waals surface area contributed by atoms with Crippen LogP contribution in [0.1, 0.15) is 11.3 Å². The van der Waals surface area contributed by atoms with Gasteiger partial charge in [-0.3, -0.25) is 9.59 Å². The maximum Gasteiger partial charge on any atom is 0.343 e. The Morgan fingerprint density at radius 3 is 2.46 bits per heavy atom. The second kappa shape index (κ2) is 4.69. The number of ether oxygens (including phenoxy) is 3. The van der Waals surface area contributed by atoms with E-state index in [2.05, 4.69) is 0 Å². The average Bonchev–Trinajstić information content (AvgIpc) is 3.28. The molecule has 0 radical (unpaired) electrons. The van der Waals surface area contributed by atoms with Gasteiger partial charge in [-0.1, -0.05) is 18.2 Å². The van der Waals surface area contributed by atoms with Gasteiger partial charge in [-0.05, 0) is 18.2 Å². The van der Waals surface area contributed by atoms with Crippen LogP contribution >= 0.6 is 0 Å². The molecule has 1 fully saturated rings. The van der Waals surface area contributed by atoms with E-state index >= 15 is 0 Å². The first-order valence-corrected chi connectivity index (χ1v) is 8.13. The number of rotatable bonds is 2. The second-order valence-corrected chi connectivity index (χ2v) is 6.60. The van der Waals surface area contributed by atoms with Crippen molar-refractivity contribution in [2.75, 3.05) is 14.2 Å². The fraction of sp³-hybridized carbons (Fsp3) is 0.316. The zero-order chi connectivity index (χ0) is 18.3. The molecule has 26 heavy (non-hydrogen) atoms. The van der Waals surface area contributed by atoms with E-state index < -0.39 is 29.2 Å². The summed E-state index contributed by atoms with van der Waals surface area (Å²) in [4.78, 5) is 38.3. The van der Waals surface area contributed by atoms with Crippen LogP contribution in [0.5, 0.6) is 0 Å². The van der Waals surface area contributed by atoms with Crippen molar-refractivity contribution in [1.29, 1.82) is 0 Å². The number of hydrogen-bond donors (Lipinski definition) is 0. The van der Waals surface area contributed by atoms with Crippen LogP contribution in [-0.2, 0) is 40.0 Å². The van der Waals surface area contributed by atoms with Gasteiger partial charge in [0.25, 0.3) is 0 Å².